The standard InChI is InChI=1S/2C14H27PS2.Zn/c2*16-15(17,13-9-5-1-2-6-10-13)14-11-7-3-4-8-12-14;/h2*13-14H,1-12H2,(H,16,17);/q;;+2/p-2. The van der Waals surface area contributed by atoms with Crippen molar-refractivity contribution in [3.8, 4) is 0 Å². The summed E-state index contributed by atoms with van der Waals surface area (Å²) in [7, 11) is 0. The summed E-state index contributed by atoms with van der Waals surface area (Å²) in [5, 5.41) is -2.96. The Bertz CT molecular complexity index is 537. The van der Waals surface area contributed by atoms with Crippen molar-refractivity contribution < 1.29 is 19.5 Å². The van der Waals surface area contributed by atoms with E-state index in [1.54, 1.807) is 0 Å². The monoisotopic (exact) mass is 642 g/mol. The summed E-state index contributed by atoms with van der Waals surface area (Å²) < 4.78 is 0. The van der Waals surface area contributed by atoms with E-state index in [0.29, 0.717) is 0 Å². The summed E-state index contributed by atoms with van der Waals surface area (Å²) in [6.07, 6.45) is 33.4. The summed E-state index contributed by atoms with van der Waals surface area (Å²) in [6, 6.07) is 0. The molecule has 0 aromatic heterocycles. The molecular formula is C28H52P2S4Zn. The van der Waals surface area contributed by atoms with Crippen molar-refractivity contribution in [3.63, 3.8) is 0 Å². The Morgan fingerprint density at radius 3 is 0.629 bits per heavy atom. The number of hydrogen-bond donors (Lipinski definition) is 0. The molecule has 4 saturated carbocycles. The van der Waals surface area contributed by atoms with Gasteiger partial charge in [0, 0.05) is 0 Å². The second kappa shape index (κ2) is 18.1. The van der Waals surface area contributed by atoms with Gasteiger partial charge in [0.15, 0.2) is 0 Å². The molecule has 0 nitrogen and oxygen atoms in total. The molecule has 0 radical (unpaired) electrons. The fraction of sp³-hybridized carbons (Fsp3) is 1.00. The normalized spacial score (nSPS) is 25.7. The zero-order valence-electron chi connectivity index (χ0n) is 22.5. The van der Waals surface area contributed by atoms with Crippen LogP contribution >= 0.6 is 10.5 Å². The molecule has 200 valence electrons. The van der Waals surface area contributed by atoms with Crippen LogP contribution in [0.2, 0.25) is 0 Å². The van der Waals surface area contributed by atoms with Crippen LogP contribution in [0.5, 0.6) is 0 Å². The van der Waals surface area contributed by atoms with Crippen LogP contribution in [0.15, 0.2) is 0 Å². The van der Waals surface area contributed by atoms with Crippen molar-refractivity contribution in [1.29, 1.82) is 0 Å². The first kappa shape index (κ1) is 33.8. The van der Waals surface area contributed by atoms with E-state index in [1.807, 2.05) is 0 Å². The maximum atomic E-state index is 6.03. The average Bonchev–Trinajstić information content (AvgIpc) is 3.44. The number of rotatable bonds is 4. The van der Waals surface area contributed by atoms with Gasteiger partial charge in [-0.2, -0.15) is 10.5 Å². The summed E-state index contributed by atoms with van der Waals surface area (Å²) in [5.41, 5.74) is 3.05. The fourth-order valence-electron chi connectivity index (χ4n) is 7.07. The molecule has 4 aliphatic carbocycles. The SMILES string of the molecule is S=P([S-])(C1CCCCCC1)C1CCCCCC1.S=P([S-])(C1CCCCCC1)C1CCCCCC1.[Zn+2]. The molecule has 4 aliphatic rings. The van der Waals surface area contributed by atoms with Crippen molar-refractivity contribution >= 4 is 58.6 Å². The molecule has 35 heavy (non-hydrogen) atoms. The van der Waals surface area contributed by atoms with E-state index in [1.165, 1.54) is 154 Å². The maximum Gasteiger partial charge on any atom is 2.00 e. The quantitative estimate of drug-likeness (QED) is 0.129. The molecule has 0 spiro atoms. The van der Waals surface area contributed by atoms with Gasteiger partial charge in [-0.1, -0.05) is 103 Å². The van der Waals surface area contributed by atoms with Crippen molar-refractivity contribution in [1.82, 2.24) is 0 Å². The summed E-state index contributed by atoms with van der Waals surface area (Å²) in [6.45, 7) is 0. The van der Waals surface area contributed by atoms with Gasteiger partial charge in [0.25, 0.3) is 0 Å². The van der Waals surface area contributed by atoms with E-state index >= 15 is 0 Å². The van der Waals surface area contributed by atoms with Crippen LogP contribution in [0.3, 0.4) is 0 Å². The maximum absolute atomic E-state index is 6.03. The molecule has 0 N–H and O–H groups in total. The van der Waals surface area contributed by atoms with Crippen molar-refractivity contribution in [2.75, 3.05) is 0 Å². The van der Waals surface area contributed by atoms with E-state index in [0.717, 1.165) is 22.6 Å². The van der Waals surface area contributed by atoms with Crippen LogP contribution in [0.4, 0.5) is 0 Å². The van der Waals surface area contributed by atoms with E-state index in [-0.39, 0.29) is 19.5 Å². The average molecular weight is 644 g/mol. The van der Waals surface area contributed by atoms with Crippen LogP contribution in [0, 0.1) is 0 Å². The minimum absolute atomic E-state index is 0. The van der Waals surface area contributed by atoms with E-state index in [4.69, 9.17) is 48.1 Å². The topological polar surface area (TPSA) is 0 Å². The van der Waals surface area contributed by atoms with Gasteiger partial charge in [-0.15, -0.1) is 23.6 Å². The van der Waals surface area contributed by atoms with Gasteiger partial charge in [0.1, 0.15) is 0 Å². The van der Waals surface area contributed by atoms with Gasteiger partial charge >= 0.3 is 19.5 Å². The molecular weight excluding hydrogens is 592 g/mol. The molecule has 7 heteroatoms. The van der Waals surface area contributed by atoms with Crippen LogP contribution in [0.25, 0.3) is 0 Å². The molecule has 4 fully saturated rings. The van der Waals surface area contributed by atoms with Gasteiger partial charge in [-0.05, 0) is 74.0 Å². The van der Waals surface area contributed by atoms with Gasteiger partial charge in [0.2, 0.25) is 0 Å². The summed E-state index contributed by atoms with van der Waals surface area (Å²) >= 11 is 24.1. The molecule has 0 unspecified atom stereocenters. The van der Waals surface area contributed by atoms with Gasteiger partial charge in [-0.25, -0.2) is 0 Å². The smallest absolute Gasteiger partial charge is 0.746 e. The van der Waals surface area contributed by atoms with Gasteiger partial charge in [-0.3, -0.25) is 0 Å². The Labute approximate surface area is 253 Å². The van der Waals surface area contributed by atoms with Crippen molar-refractivity contribution in [2.24, 2.45) is 0 Å². The zero-order valence-corrected chi connectivity index (χ0v) is 30.5. The van der Waals surface area contributed by atoms with Crippen molar-refractivity contribution in [2.45, 2.75) is 177 Å². The first-order chi connectivity index (χ1) is 16.4. The van der Waals surface area contributed by atoms with Crippen LogP contribution in [-0.4, -0.2) is 22.6 Å². The molecule has 0 saturated heterocycles. The number of hydrogen-bond acceptors (Lipinski definition) is 4. The summed E-state index contributed by atoms with van der Waals surface area (Å²) in [5.74, 6) is 0. The predicted molar refractivity (Wildman–Crippen MR) is 169 cm³/mol. The third kappa shape index (κ3) is 11.2. The predicted octanol–water partition coefficient (Wildman–Crippen LogP) is 10.7. The third-order valence-corrected chi connectivity index (χ3v) is 22.6. The van der Waals surface area contributed by atoms with Gasteiger partial charge < -0.3 is 24.5 Å². The Hall–Kier alpha value is 2.62. The Morgan fingerprint density at radius 1 is 0.343 bits per heavy atom. The molecule has 0 aliphatic heterocycles. The Kier molecular flexibility index (Phi) is 17.5. The minimum Gasteiger partial charge on any atom is -0.746 e. The van der Waals surface area contributed by atoms with E-state index in [9.17, 15) is 0 Å². The molecule has 0 bridgehead atoms. The first-order valence-corrected chi connectivity index (χ1v) is 22.9. The second-order valence-electron chi connectivity index (χ2n) is 11.9. The molecule has 0 aromatic carbocycles. The van der Waals surface area contributed by atoms with Crippen LogP contribution in [0.1, 0.15) is 154 Å². The molecule has 0 amide bonds. The molecule has 0 atom stereocenters. The molecule has 0 heterocycles. The molecule has 4 rings (SSSR count). The van der Waals surface area contributed by atoms with Gasteiger partial charge in [0.05, 0.1) is 0 Å². The fourth-order valence-corrected chi connectivity index (χ4v) is 17.7. The van der Waals surface area contributed by atoms with E-state index < -0.39 is 10.5 Å². The van der Waals surface area contributed by atoms with Crippen LogP contribution < -0.4 is 0 Å². The first-order valence-electron chi connectivity index (χ1n) is 15.0. The van der Waals surface area contributed by atoms with Crippen LogP contribution in [-0.2, 0) is 67.6 Å². The zero-order chi connectivity index (χ0) is 24.3. The Balaban J connectivity index is 0.000000240. The molecule has 0 aromatic rings. The second-order valence-corrected chi connectivity index (χ2v) is 26.0. The Morgan fingerprint density at radius 2 is 0.486 bits per heavy atom. The third-order valence-electron chi connectivity index (χ3n) is 9.33. The summed E-state index contributed by atoms with van der Waals surface area (Å²) in [4.78, 5) is 0. The minimum atomic E-state index is -1.48. The van der Waals surface area contributed by atoms with E-state index in [2.05, 4.69) is 0 Å². The van der Waals surface area contributed by atoms with Crippen molar-refractivity contribution in [3.05, 3.63) is 0 Å². The largest absolute Gasteiger partial charge is 2.00 e.